The minimum absolute atomic E-state index is 0.184. The van der Waals surface area contributed by atoms with Crippen LogP contribution >= 0.6 is 0 Å². The third kappa shape index (κ3) is 6.16. The first-order valence-corrected chi connectivity index (χ1v) is 13.4. The molecule has 3 aromatic rings. The van der Waals surface area contributed by atoms with E-state index in [1.54, 1.807) is 4.90 Å². The Kier molecular flexibility index (Phi) is 7.40. The van der Waals surface area contributed by atoms with Crippen molar-refractivity contribution in [1.82, 2.24) is 24.7 Å². The third-order valence-corrected chi connectivity index (χ3v) is 7.29. The molecule has 2 aliphatic rings. The first-order chi connectivity index (χ1) is 18.1. The van der Waals surface area contributed by atoms with E-state index in [9.17, 15) is 9.59 Å². The zero-order valence-corrected chi connectivity index (χ0v) is 22.8. The molecule has 0 spiro atoms. The first kappa shape index (κ1) is 26.2. The van der Waals surface area contributed by atoms with Gasteiger partial charge in [-0.15, -0.1) is 0 Å². The highest BCUT2D eigenvalue weighted by Crippen LogP contribution is 2.32. The molecule has 4 heterocycles. The molecule has 2 aliphatic heterocycles. The number of aromatic amines is 1. The molecule has 0 bridgehead atoms. The van der Waals surface area contributed by atoms with Crippen molar-refractivity contribution < 1.29 is 14.3 Å². The lowest BCUT2D eigenvalue weighted by Gasteiger charge is -2.35. The van der Waals surface area contributed by atoms with E-state index >= 15 is 0 Å². The summed E-state index contributed by atoms with van der Waals surface area (Å²) >= 11 is 0. The summed E-state index contributed by atoms with van der Waals surface area (Å²) in [6.07, 6.45) is 3.92. The normalized spacial score (nSPS) is 19.2. The van der Waals surface area contributed by atoms with Crippen molar-refractivity contribution in [3.8, 4) is 0 Å². The molecule has 9 nitrogen and oxygen atoms in total. The summed E-state index contributed by atoms with van der Waals surface area (Å²) in [7, 11) is 2.16. The van der Waals surface area contributed by atoms with Crippen molar-refractivity contribution in [3.63, 3.8) is 0 Å². The lowest BCUT2D eigenvalue weighted by atomic mass is 10.1. The van der Waals surface area contributed by atoms with Crippen LogP contribution in [-0.2, 0) is 11.3 Å². The quantitative estimate of drug-likeness (QED) is 0.511. The molecule has 9 heteroatoms. The fraction of sp³-hybridized carbons (Fsp3) is 0.483. The number of piperazine rings is 1. The number of ether oxygens (including phenoxy) is 1. The van der Waals surface area contributed by atoms with Crippen LogP contribution < -0.4 is 5.32 Å². The molecule has 2 N–H and O–H groups in total. The number of amides is 2. The standard InChI is InChI=1S/C29H38N6O3/c1-29(2,3)38-28(37)35-14-12-34(13-15-35)19-20-7-9-21(10-8-20)27(36)32-26-17-23-22(18-30-26)16-24(31-23)25-6-5-11-33(25)4/h7-10,16-18,25,31H,5-6,11-15,19H2,1-4H3,(H,30,32,36)/t25-/m1/s1. The fourth-order valence-electron chi connectivity index (χ4n) is 5.22. The molecule has 38 heavy (non-hydrogen) atoms. The fourth-order valence-corrected chi connectivity index (χ4v) is 5.22. The highest BCUT2D eigenvalue weighted by molar-refractivity contribution is 6.04. The number of likely N-dealkylation sites (tertiary alicyclic amines) is 1. The van der Waals surface area contributed by atoms with Gasteiger partial charge in [-0.05, 0) is 71.0 Å². The van der Waals surface area contributed by atoms with Gasteiger partial charge in [0.25, 0.3) is 5.91 Å². The molecule has 0 saturated carbocycles. The van der Waals surface area contributed by atoms with Gasteiger partial charge in [-0.25, -0.2) is 9.78 Å². The number of rotatable bonds is 5. The molecular formula is C29H38N6O3. The monoisotopic (exact) mass is 518 g/mol. The summed E-state index contributed by atoms with van der Waals surface area (Å²) in [5.74, 6) is 0.347. The predicted octanol–water partition coefficient (Wildman–Crippen LogP) is 4.63. The van der Waals surface area contributed by atoms with Gasteiger partial charge >= 0.3 is 6.09 Å². The van der Waals surface area contributed by atoms with E-state index in [0.29, 0.717) is 30.5 Å². The minimum Gasteiger partial charge on any atom is -0.444 e. The second-order valence-electron chi connectivity index (χ2n) is 11.4. The molecule has 2 aromatic heterocycles. The van der Waals surface area contributed by atoms with Crippen molar-refractivity contribution in [2.75, 3.05) is 45.1 Å². The molecule has 2 saturated heterocycles. The lowest BCUT2D eigenvalue weighted by molar-refractivity contribution is 0.0139. The summed E-state index contributed by atoms with van der Waals surface area (Å²) in [6.45, 7) is 10.4. The number of H-pyrrole nitrogens is 1. The van der Waals surface area contributed by atoms with Crippen LogP contribution in [0.25, 0.3) is 10.9 Å². The third-order valence-electron chi connectivity index (χ3n) is 7.29. The topological polar surface area (TPSA) is 93.8 Å². The van der Waals surface area contributed by atoms with E-state index < -0.39 is 5.60 Å². The molecule has 0 radical (unpaired) electrons. The number of hydrogen-bond donors (Lipinski definition) is 2. The molecule has 5 rings (SSSR count). The number of carbonyl (C=O) groups is 2. The Labute approximate surface area is 224 Å². The second-order valence-corrected chi connectivity index (χ2v) is 11.4. The first-order valence-electron chi connectivity index (χ1n) is 13.4. The van der Waals surface area contributed by atoms with Crippen LogP contribution in [-0.4, -0.2) is 82.0 Å². The summed E-state index contributed by atoms with van der Waals surface area (Å²) in [4.78, 5) is 39.6. The van der Waals surface area contributed by atoms with Crippen LogP contribution in [0.2, 0.25) is 0 Å². The van der Waals surface area contributed by atoms with Gasteiger partial charge in [0.05, 0.1) is 5.52 Å². The smallest absolute Gasteiger partial charge is 0.410 e. The number of fused-ring (bicyclic) bond motifs is 1. The maximum absolute atomic E-state index is 12.9. The van der Waals surface area contributed by atoms with Crippen molar-refractivity contribution in [3.05, 3.63) is 59.4 Å². The van der Waals surface area contributed by atoms with Gasteiger partial charge in [0, 0.05) is 67.7 Å². The molecule has 0 unspecified atom stereocenters. The van der Waals surface area contributed by atoms with E-state index in [1.807, 2.05) is 57.3 Å². The summed E-state index contributed by atoms with van der Waals surface area (Å²) in [5.41, 5.74) is 3.41. The van der Waals surface area contributed by atoms with E-state index in [2.05, 4.69) is 38.2 Å². The van der Waals surface area contributed by atoms with Crippen LogP contribution in [0, 0.1) is 0 Å². The van der Waals surface area contributed by atoms with Gasteiger partial charge in [-0.3, -0.25) is 14.6 Å². The molecule has 0 aliphatic carbocycles. The minimum atomic E-state index is -0.483. The number of nitrogens with one attached hydrogen (secondary N) is 2. The van der Waals surface area contributed by atoms with E-state index in [1.165, 1.54) is 12.1 Å². The number of hydrogen-bond acceptors (Lipinski definition) is 6. The highest BCUT2D eigenvalue weighted by Gasteiger charge is 2.26. The Hall–Kier alpha value is -3.43. The van der Waals surface area contributed by atoms with Gasteiger partial charge in [0.1, 0.15) is 11.4 Å². The lowest BCUT2D eigenvalue weighted by Crippen LogP contribution is -2.49. The van der Waals surface area contributed by atoms with E-state index in [0.717, 1.165) is 49.1 Å². The summed E-state index contributed by atoms with van der Waals surface area (Å²) in [5, 5.41) is 3.98. The maximum Gasteiger partial charge on any atom is 0.410 e. The molecule has 2 fully saturated rings. The Morgan fingerprint density at radius 1 is 1.08 bits per heavy atom. The highest BCUT2D eigenvalue weighted by atomic mass is 16.6. The molecular weight excluding hydrogens is 480 g/mol. The van der Waals surface area contributed by atoms with Crippen molar-refractivity contribution in [2.45, 2.75) is 51.8 Å². The second kappa shape index (κ2) is 10.7. The van der Waals surface area contributed by atoms with Gasteiger partial charge in [-0.1, -0.05) is 12.1 Å². The van der Waals surface area contributed by atoms with Gasteiger partial charge in [-0.2, -0.15) is 0 Å². The Bertz CT molecular complexity index is 1290. The van der Waals surface area contributed by atoms with Crippen molar-refractivity contribution in [2.24, 2.45) is 0 Å². The number of benzene rings is 1. The van der Waals surface area contributed by atoms with Gasteiger partial charge < -0.3 is 19.9 Å². The van der Waals surface area contributed by atoms with Crippen LogP contribution in [0.15, 0.2) is 42.6 Å². The van der Waals surface area contributed by atoms with E-state index in [4.69, 9.17) is 4.74 Å². The predicted molar refractivity (Wildman–Crippen MR) is 148 cm³/mol. The van der Waals surface area contributed by atoms with Crippen LogP contribution in [0.5, 0.6) is 0 Å². The number of aromatic nitrogens is 2. The number of nitrogens with zero attached hydrogens (tertiary/aromatic N) is 4. The summed E-state index contributed by atoms with van der Waals surface area (Å²) < 4.78 is 5.48. The van der Waals surface area contributed by atoms with E-state index in [-0.39, 0.29) is 12.0 Å². The van der Waals surface area contributed by atoms with Crippen LogP contribution in [0.4, 0.5) is 10.6 Å². The summed E-state index contributed by atoms with van der Waals surface area (Å²) in [6, 6.07) is 12.1. The zero-order valence-electron chi connectivity index (χ0n) is 22.8. The Morgan fingerprint density at radius 2 is 1.82 bits per heavy atom. The van der Waals surface area contributed by atoms with Crippen molar-refractivity contribution >= 4 is 28.7 Å². The Balaban J connectivity index is 1.14. The van der Waals surface area contributed by atoms with Crippen LogP contribution in [0.3, 0.4) is 0 Å². The molecule has 1 atom stereocenters. The number of carbonyl (C=O) groups excluding carboxylic acids is 2. The Morgan fingerprint density at radius 3 is 2.47 bits per heavy atom. The number of anilines is 1. The average Bonchev–Trinajstić information content (AvgIpc) is 3.49. The van der Waals surface area contributed by atoms with Crippen LogP contribution in [0.1, 0.15) is 61.3 Å². The zero-order chi connectivity index (χ0) is 26.9. The number of pyridine rings is 1. The van der Waals surface area contributed by atoms with Gasteiger partial charge in [0.2, 0.25) is 0 Å². The molecule has 2 amide bonds. The van der Waals surface area contributed by atoms with Gasteiger partial charge in [0.15, 0.2) is 0 Å². The maximum atomic E-state index is 12.9. The SMILES string of the molecule is CN1CCC[C@@H]1c1cc2cnc(NC(=O)c3ccc(CN4CCN(C(=O)OC(C)(C)C)CC4)cc3)cc2[nH]1. The average molecular weight is 519 g/mol. The van der Waals surface area contributed by atoms with Crippen molar-refractivity contribution in [1.29, 1.82) is 0 Å². The molecule has 202 valence electrons. The largest absolute Gasteiger partial charge is 0.444 e. The molecule has 1 aromatic carbocycles.